The zero-order valence-corrected chi connectivity index (χ0v) is 24.4. The summed E-state index contributed by atoms with van der Waals surface area (Å²) >= 11 is 5.98. The highest BCUT2D eigenvalue weighted by molar-refractivity contribution is 6.31. The van der Waals surface area contributed by atoms with Crippen LogP contribution in [0, 0.1) is 11.8 Å². The highest BCUT2D eigenvalue weighted by Crippen LogP contribution is 2.24. The van der Waals surface area contributed by atoms with E-state index in [1.54, 1.807) is 32.3 Å². The SMILES string of the molecule is CC#CCn1c(N2CCC[C@@H](NC(=O)OC(C)(C)C)C2)nc2c1c(=O)n(Cc1ccc(Cl)cc1C(=O)O)c(=O)n2C. The second-order valence-corrected chi connectivity index (χ2v) is 11.3. The molecule has 1 atom stereocenters. The number of alkyl carbamates (subject to hydrolysis) is 1. The fourth-order valence-electron chi connectivity index (χ4n) is 4.86. The van der Waals surface area contributed by atoms with Crippen molar-refractivity contribution in [2.45, 2.75) is 65.3 Å². The van der Waals surface area contributed by atoms with Gasteiger partial charge >= 0.3 is 17.8 Å². The van der Waals surface area contributed by atoms with Gasteiger partial charge in [-0.05, 0) is 58.2 Å². The van der Waals surface area contributed by atoms with Gasteiger partial charge in [-0.15, -0.1) is 5.92 Å². The Morgan fingerprint density at radius 1 is 1.24 bits per heavy atom. The smallest absolute Gasteiger partial charge is 0.407 e. The number of hydrogen-bond donors (Lipinski definition) is 2. The molecule has 3 aromatic rings. The van der Waals surface area contributed by atoms with E-state index < -0.39 is 28.9 Å². The van der Waals surface area contributed by atoms with Gasteiger partial charge in [-0.25, -0.2) is 14.4 Å². The predicted molar refractivity (Wildman–Crippen MR) is 155 cm³/mol. The van der Waals surface area contributed by atoms with Gasteiger partial charge in [0.15, 0.2) is 11.2 Å². The minimum absolute atomic E-state index is 0.102. The molecule has 1 fully saturated rings. The first-order chi connectivity index (χ1) is 19.3. The molecule has 3 heterocycles. The molecule has 2 aromatic heterocycles. The Labute approximate surface area is 241 Å². The number of aromatic carboxylic acids is 1. The number of aromatic nitrogens is 4. The summed E-state index contributed by atoms with van der Waals surface area (Å²) in [6, 6.07) is 4.06. The lowest BCUT2D eigenvalue weighted by Gasteiger charge is -2.34. The summed E-state index contributed by atoms with van der Waals surface area (Å²) in [6.45, 7) is 7.96. The number of halogens is 1. The van der Waals surface area contributed by atoms with Crippen molar-refractivity contribution in [3.8, 4) is 11.8 Å². The van der Waals surface area contributed by atoms with E-state index in [1.165, 1.54) is 29.8 Å². The molecule has 41 heavy (non-hydrogen) atoms. The molecule has 1 aliphatic heterocycles. The number of benzene rings is 1. The zero-order valence-electron chi connectivity index (χ0n) is 23.7. The van der Waals surface area contributed by atoms with Gasteiger partial charge < -0.3 is 20.1 Å². The number of aryl methyl sites for hydroxylation is 1. The van der Waals surface area contributed by atoms with Crippen molar-refractivity contribution in [2.75, 3.05) is 18.0 Å². The summed E-state index contributed by atoms with van der Waals surface area (Å²) in [7, 11) is 1.51. The van der Waals surface area contributed by atoms with Gasteiger partial charge in [0.1, 0.15) is 5.60 Å². The molecule has 0 aliphatic carbocycles. The summed E-state index contributed by atoms with van der Waals surface area (Å²) in [4.78, 5) is 58.1. The number of nitrogens with one attached hydrogen (secondary N) is 1. The molecule has 1 aliphatic rings. The average Bonchev–Trinajstić information content (AvgIpc) is 3.28. The Bertz CT molecular complexity index is 1690. The van der Waals surface area contributed by atoms with E-state index in [9.17, 15) is 24.3 Å². The van der Waals surface area contributed by atoms with Crippen LogP contribution < -0.4 is 21.5 Å². The maximum atomic E-state index is 13.9. The topological polar surface area (TPSA) is 141 Å². The molecular weight excluding hydrogens is 552 g/mol. The third-order valence-electron chi connectivity index (χ3n) is 6.68. The number of rotatable bonds is 6. The quantitative estimate of drug-likeness (QED) is 0.421. The highest BCUT2D eigenvalue weighted by Gasteiger charge is 2.29. The lowest BCUT2D eigenvalue weighted by atomic mass is 10.1. The van der Waals surface area contributed by atoms with Crippen LogP contribution >= 0.6 is 11.6 Å². The van der Waals surface area contributed by atoms with E-state index in [0.29, 0.717) is 19.0 Å². The number of ether oxygens (including phenoxy) is 1. The fourth-order valence-corrected chi connectivity index (χ4v) is 5.03. The van der Waals surface area contributed by atoms with Crippen molar-refractivity contribution in [3.05, 3.63) is 55.2 Å². The maximum absolute atomic E-state index is 13.9. The number of imidazole rings is 1. The molecule has 1 amide bonds. The van der Waals surface area contributed by atoms with Crippen molar-refractivity contribution in [1.29, 1.82) is 0 Å². The van der Waals surface area contributed by atoms with Crippen molar-refractivity contribution in [1.82, 2.24) is 24.0 Å². The van der Waals surface area contributed by atoms with Crippen LogP contribution in [0.1, 0.15) is 56.5 Å². The van der Waals surface area contributed by atoms with Gasteiger partial charge in [0.2, 0.25) is 5.95 Å². The van der Waals surface area contributed by atoms with E-state index >= 15 is 0 Å². The molecule has 0 saturated carbocycles. The average molecular weight is 585 g/mol. The number of anilines is 1. The van der Waals surface area contributed by atoms with Gasteiger partial charge in [0, 0.05) is 31.2 Å². The lowest BCUT2D eigenvalue weighted by Crippen LogP contribution is -2.49. The van der Waals surface area contributed by atoms with Crippen molar-refractivity contribution in [2.24, 2.45) is 7.05 Å². The Balaban J connectivity index is 1.79. The Hall–Kier alpha value is -4.24. The van der Waals surface area contributed by atoms with Gasteiger partial charge in [-0.2, -0.15) is 4.98 Å². The van der Waals surface area contributed by atoms with Gasteiger partial charge in [-0.3, -0.25) is 18.5 Å². The molecule has 0 radical (unpaired) electrons. The van der Waals surface area contributed by atoms with Crippen LogP contribution in [0.4, 0.5) is 10.7 Å². The van der Waals surface area contributed by atoms with Crippen LogP contribution in [-0.4, -0.2) is 60.6 Å². The molecule has 12 nitrogen and oxygen atoms in total. The first-order valence-electron chi connectivity index (χ1n) is 13.2. The molecule has 0 bridgehead atoms. The third-order valence-corrected chi connectivity index (χ3v) is 6.92. The second kappa shape index (κ2) is 11.7. The lowest BCUT2D eigenvalue weighted by molar-refractivity contribution is 0.0499. The summed E-state index contributed by atoms with van der Waals surface area (Å²) in [5.41, 5.74) is -1.39. The standard InChI is InChI=1S/C28H33ClN6O6/c1-6-7-13-34-21-22(31-25(34)33-12-8-9-19(16-33)30-26(39)41-28(2,3)4)32(5)27(40)35(23(21)36)15-17-10-11-18(29)14-20(17)24(37)38/h10-11,14,19H,8-9,12-13,15-16H2,1-5H3,(H,30,39)(H,37,38)/t19-/m1/s1. The molecule has 4 rings (SSSR count). The Kier molecular flexibility index (Phi) is 8.49. The van der Waals surface area contributed by atoms with Gasteiger partial charge in [0.25, 0.3) is 5.56 Å². The van der Waals surface area contributed by atoms with Crippen LogP contribution in [0.3, 0.4) is 0 Å². The summed E-state index contributed by atoms with van der Waals surface area (Å²) in [6.07, 6.45) is 0.979. The number of carbonyl (C=O) groups excluding carboxylic acids is 1. The fraction of sp³-hybridized carbons (Fsp3) is 0.464. The van der Waals surface area contributed by atoms with Gasteiger partial charge in [-0.1, -0.05) is 23.6 Å². The third kappa shape index (κ3) is 6.41. The number of nitrogens with zero attached hydrogens (tertiary/aromatic N) is 5. The molecule has 13 heteroatoms. The highest BCUT2D eigenvalue weighted by atomic mass is 35.5. The first kappa shape index (κ1) is 29.7. The molecule has 0 spiro atoms. The van der Waals surface area contributed by atoms with Crippen LogP contribution in [0.25, 0.3) is 11.2 Å². The predicted octanol–water partition coefficient (Wildman–Crippen LogP) is 2.81. The number of fused-ring (bicyclic) bond motifs is 1. The van der Waals surface area contributed by atoms with Crippen LogP contribution in [0.5, 0.6) is 0 Å². The van der Waals surface area contributed by atoms with Gasteiger partial charge in [0.05, 0.1) is 18.7 Å². The van der Waals surface area contributed by atoms with Crippen molar-refractivity contribution in [3.63, 3.8) is 0 Å². The maximum Gasteiger partial charge on any atom is 0.407 e. The summed E-state index contributed by atoms with van der Waals surface area (Å²) in [5, 5.41) is 12.8. The number of carboxylic acid groups (broad SMARTS) is 1. The van der Waals surface area contributed by atoms with Crippen molar-refractivity contribution < 1.29 is 19.4 Å². The number of piperidine rings is 1. The van der Waals surface area contributed by atoms with Crippen LogP contribution in [-0.2, 0) is 24.9 Å². The minimum atomic E-state index is -1.22. The second-order valence-electron chi connectivity index (χ2n) is 10.9. The number of carboxylic acids is 1. The van der Waals surface area contributed by atoms with E-state index in [4.69, 9.17) is 21.3 Å². The molecule has 0 unspecified atom stereocenters. The van der Waals surface area contributed by atoms with Crippen LogP contribution in [0.15, 0.2) is 27.8 Å². The largest absolute Gasteiger partial charge is 0.478 e. The molecule has 1 saturated heterocycles. The first-order valence-corrected chi connectivity index (χ1v) is 13.5. The minimum Gasteiger partial charge on any atom is -0.478 e. The Morgan fingerprint density at radius 2 is 1.98 bits per heavy atom. The number of hydrogen-bond acceptors (Lipinski definition) is 7. The number of amides is 1. The van der Waals surface area contributed by atoms with Crippen molar-refractivity contribution >= 4 is 40.8 Å². The van der Waals surface area contributed by atoms with E-state index in [2.05, 4.69) is 17.2 Å². The molecule has 218 valence electrons. The van der Waals surface area contributed by atoms with E-state index in [-0.39, 0.29) is 46.4 Å². The molecular formula is C28H33ClN6O6. The summed E-state index contributed by atoms with van der Waals surface area (Å²) in [5.74, 6) is 5.04. The Morgan fingerprint density at radius 3 is 2.63 bits per heavy atom. The molecule has 2 N–H and O–H groups in total. The van der Waals surface area contributed by atoms with Crippen LogP contribution in [0.2, 0.25) is 5.02 Å². The van der Waals surface area contributed by atoms with E-state index in [1.807, 2.05) is 4.90 Å². The summed E-state index contributed by atoms with van der Waals surface area (Å²) < 4.78 is 9.33. The van der Waals surface area contributed by atoms with E-state index in [0.717, 1.165) is 17.4 Å². The normalized spacial score (nSPS) is 15.4. The zero-order chi connectivity index (χ0) is 30.1. The number of carbonyl (C=O) groups is 2. The monoisotopic (exact) mass is 584 g/mol. The molecule has 1 aromatic carbocycles.